The fourth-order valence-corrected chi connectivity index (χ4v) is 4.57. The molecule has 0 spiro atoms. The molecule has 2 heterocycles. The van der Waals surface area contributed by atoms with E-state index in [4.69, 9.17) is 0 Å². The molecular formula is C17H14BrN3O2S. The molecule has 0 amide bonds. The van der Waals surface area contributed by atoms with Crippen molar-refractivity contribution in [2.45, 2.75) is 25.7 Å². The van der Waals surface area contributed by atoms with Gasteiger partial charge in [-0.2, -0.15) is 9.78 Å². The van der Waals surface area contributed by atoms with Gasteiger partial charge in [-0.1, -0.05) is 0 Å². The van der Waals surface area contributed by atoms with Gasteiger partial charge in [0.15, 0.2) is 0 Å². The molecule has 0 bridgehead atoms. The molecule has 1 aliphatic carbocycles. The molecule has 24 heavy (non-hydrogen) atoms. The van der Waals surface area contributed by atoms with Gasteiger partial charge in [-0.05, 0) is 70.9 Å². The van der Waals surface area contributed by atoms with E-state index in [1.807, 2.05) is 0 Å². The molecule has 0 aliphatic heterocycles. The highest BCUT2D eigenvalue weighted by Gasteiger charge is 2.19. The lowest BCUT2D eigenvalue weighted by molar-refractivity contribution is 0.472. The number of fused-ring (bicyclic) bond motifs is 3. The number of aromatic nitrogens is 2. The minimum Gasteiger partial charge on any atom is -0.507 e. The molecule has 3 aromatic rings. The average Bonchev–Trinajstić information content (AvgIpc) is 2.96. The molecule has 5 nitrogen and oxygen atoms in total. The lowest BCUT2D eigenvalue weighted by atomic mass is 9.97. The lowest BCUT2D eigenvalue weighted by Crippen LogP contribution is -2.18. The van der Waals surface area contributed by atoms with E-state index in [2.05, 4.69) is 26.0 Å². The van der Waals surface area contributed by atoms with E-state index >= 15 is 0 Å². The molecule has 0 saturated carbocycles. The van der Waals surface area contributed by atoms with Gasteiger partial charge in [0, 0.05) is 4.88 Å². The second-order valence-corrected chi connectivity index (χ2v) is 7.68. The van der Waals surface area contributed by atoms with Gasteiger partial charge in [0.05, 0.1) is 16.1 Å². The van der Waals surface area contributed by atoms with E-state index in [0.29, 0.717) is 4.47 Å². The van der Waals surface area contributed by atoms with Crippen LogP contribution in [0.1, 0.15) is 28.8 Å². The molecule has 0 unspecified atom stereocenters. The zero-order chi connectivity index (χ0) is 16.7. The molecule has 4 rings (SSSR count). The summed E-state index contributed by atoms with van der Waals surface area (Å²) in [6, 6.07) is 5.04. The molecule has 0 saturated heterocycles. The zero-order valence-electron chi connectivity index (χ0n) is 12.7. The summed E-state index contributed by atoms with van der Waals surface area (Å²) < 4.78 is 1.87. The van der Waals surface area contributed by atoms with Crippen LogP contribution in [0.15, 0.2) is 38.9 Å². The van der Waals surface area contributed by atoms with Crippen LogP contribution in [0.2, 0.25) is 0 Å². The minimum atomic E-state index is -0.117. The Hall–Kier alpha value is -1.99. The van der Waals surface area contributed by atoms with E-state index in [1.54, 1.807) is 35.8 Å². The van der Waals surface area contributed by atoms with Crippen LogP contribution in [0.25, 0.3) is 10.2 Å². The predicted molar refractivity (Wildman–Crippen MR) is 99.3 cm³/mol. The maximum Gasteiger partial charge on any atom is 0.282 e. The van der Waals surface area contributed by atoms with Crippen LogP contribution in [0.3, 0.4) is 0 Å². The van der Waals surface area contributed by atoms with Crippen molar-refractivity contribution in [1.82, 2.24) is 9.66 Å². The molecule has 1 aromatic carbocycles. The Bertz CT molecular complexity index is 1020. The topological polar surface area (TPSA) is 67.5 Å². The fraction of sp³-hybridized carbons (Fsp3) is 0.235. The predicted octanol–water partition coefficient (Wildman–Crippen LogP) is 3.69. The number of halogens is 1. The van der Waals surface area contributed by atoms with Crippen molar-refractivity contribution in [2.24, 2.45) is 5.10 Å². The smallest absolute Gasteiger partial charge is 0.282 e. The molecule has 2 aromatic heterocycles. The number of thiophene rings is 1. The molecule has 122 valence electrons. The van der Waals surface area contributed by atoms with Gasteiger partial charge in [0.25, 0.3) is 5.56 Å². The fourth-order valence-electron chi connectivity index (χ4n) is 2.95. The first kappa shape index (κ1) is 15.5. The van der Waals surface area contributed by atoms with Crippen LogP contribution in [0, 0.1) is 0 Å². The lowest BCUT2D eigenvalue weighted by Gasteiger charge is -2.09. The first-order chi connectivity index (χ1) is 11.6. The van der Waals surface area contributed by atoms with Crippen LogP contribution >= 0.6 is 27.3 Å². The van der Waals surface area contributed by atoms with Crippen molar-refractivity contribution in [3.05, 3.63) is 55.4 Å². The molecule has 7 heteroatoms. The summed E-state index contributed by atoms with van der Waals surface area (Å²) in [5.74, 6) is 0.164. The Morgan fingerprint density at radius 2 is 2.17 bits per heavy atom. The summed E-state index contributed by atoms with van der Waals surface area (Å²) in [6.07, 6.45) is 7.35. The first-order valence-electron chi connectivity index (χ1n) is 7.68. The van der Waals surface area contributed by atoms with E-state index in [0.717, 1.165) is 40.6 Å². The normalized spacial score (nSPS) is 14.4. The highest BCUT2D eigenvalue weighted by molar-refractivity contribution is 9.10. The Labute approximate surface area is 150 Å². The number of nitrogens with zero attached hydrogens (tertiary/aromatic N) is 3. The number of hydrogen-bond donors (Lipinski definition) is 1. The van der Waals surface area contributed by atoms with Crippen LogP contribution < -0.4 is 5.56 Å². The summed E-state index contributed by atoms with van der Waals surface area (Å²) in [7, 11) is 0. The SMILES string of the molecule is O=c1c2c3c(sc2ncn1/N=C\c1ccc(O)c(Br)c1)CCCC3. The zero-order valence-corrected chi connectivity index (χ0v) is 15.1. The number of phenols is 1. The Morgan fingerprint density at radius 1 is 1.33 bits per heavy atom. The molecule has 0 atom stereocenters. The highest BCUT2D eigenvalue weighted by Crippen LogP contribution is 2.33. The van der Waals surface area contributed by atoms with Crippen LogP contribution in [-0.2, 0) is 12.8 Å². The second-order valence-electron chi connectivity index (χ2n) is 5.74. The highest BCUT2D eigenvalue weighted by atomic mass is 79.9. The number of benzene rings is 1. The van der Waals surface area contributed by atoms with E-state index in [1.165, 1.54) is 22.3 Å². The van der Waals surface area contributed by atoms with Gasteiger partial charge in [-0.3, -0.25) is 4.79 Å². The third-order valence-corrected chi connectivity index (χ3v) is 6.00. The Morgan fingerprint density at radius 3 is 3.00 bits per heavy atom. The summed E-state index contributed by atoms with van der Waals surface area (Å²) in [5.41, 5.74) is 1.82. The number of aromatic hydroxyl groups is 1. The van der Waals surface area contributed by atoms with Crippen LogP contribution in [-0.4, -0.2) is 21.0 Å². The standard InChI is InChI=1S/C17H14BrN3O2S/c18-12-7-10(5-6-13(12)22)8-20-21-9-19-16-15(17(21)23)11-3-1-2-4-14(11)24-16/h5-9,22H,1-4H2/b20-8-. The van der Waals surface area contributed by atoms with E-state index in [9.17, 15) is 9.90 Å². The molecule has 1 N–H and O–H groups in total. The first-order valence-corrected chi connectivity index (χ1v) is 9.29. The maximum atomic E-state index is 12.8. The van der Waals surface area contributed by atoms with Crippen LogP contribution in [0.4, 0.5) is 0 Å². The largest absolute Gasteiger partial charge is 0.507 e. The third-order valence-electron chi connectivity index (χ3n) is 4.16. The van der Waals surface area contributed by atoms with E-state index in [-0.39, 0.29) is 11.3 Å². The number of rotatable bonds is 2. The van der Waals surface area contributed by atoms with Gasteiger partial charge in [-0.25, -0.2) is 4.98 Å². The van der Waals surface area contributed by atoms with Crippen molar-refractivity contribution in [3.63, 3.8) is 0 Å². The van der Waals surface area contributed by atoms with E-state index < -0.39 is 0 Å². The van der Waals surface area contributed by atoms with Gasteiger partial charge in [0.2, 0.25) is 0 Å². The monoisotopic (exact) mass is 403 g/mol. The summed E-state index contributed by atoms with van der Waals surface area (Å²) in [6.45, 7) is 0. The molecule has 1 aliphatic rings. The van der Waals surface area contributed by atoms with Gasteiger partial charge >= 0.3 is 0 Å². The quantitative estimate of drug-likeness (QED) is 0.663. The van der Waals surface area contributed by atoms with Gasteiger partial charge in [0.1, 0.15) is 16.9 Å². The summed E-state index contributed by atoms with van der Waals surface area (Å²) in [4.78, 5) is 19.3. The van der Waals surface area contributed by atoms with Gasteiger partial charge < -0.3 is 5.11 Å². The molecule has 0 radical (unpaired) electrons. The van der Waals surface area contributed by atoms with Gasteiger partial charge in [-0.15, -0.1) is 11.3 Å². The number of aryl methyl sites for hydroxylation is 2. The second kappa shape index (κ2) is 6.14. The van der Waals surface area contributed by atoms with Crippen molar-refractivity contribution < 1.29 is 5.11 Å². The third kappa shape index (κ3) is 2.67. The molecular weight excluding hydrogens is 390 g/mol. The Kier molecular flexibility index (Phi) is 3.97. The number of phenolic OH excluding ortho intramolecular Hbond substituents is 1. The minimum absolute atomic E-state index is 0.117. The number of hydrogen-bond acceptors (Lipinski definition) is 5. The summed E-state index contributed by atoms with van der Waals surface area (Å²) >= 11 is 4.89. The van der Waals surface area contributed by atoms with Crippen molar-refractivity contribution in [1.29, 1.82) is 0 Å². The van der Waals surface area contributed by atoms with Crippen LogP contribution in [0.5, 0.6) is 5.75 Å². The summed E-state index contributed by atoms with van der Waals surface area (Å²) in [5, 5.41) is 14.5. The Balaban J connectivity index is 1.77. The molecule has 0 fully saturated rings. The van der Waals surface area contributed by atoms with Crippen molar-refractivity contribution in [3.8, 4) is 5.75 Å². The van der Waals surface area contributed by atoms with Crippen molar-refractivity contribution >= 4 is 43.7 Å². The average molecular weight is 404 g/mol. The maximum absolute atomic E-state index is 12.8. The van der Waals surface area contributed by atoms with Crippen molar-refractivity contribution in [2.75, 3.05) is 0 Å².